The van der Waals surface area contributed by atoms with Crippen molar-refractivity contribution in [2.24, 2.45) is 0 Å². The molecule has 0 bridgehead atoms. The summed E-state index contributed by atoms with van der Waals surface area (Å²) in [6.07, 6.45) is 2.33. The molecule has 3 N–H and O–H groups in total. The van der Waals surface area contributed by atoms with Crippen molar-refractivity contribution in [3.63, 3.8) is 0 Å². The van der Waals surface area contributed by atoms with Gasteiger partial charge in [0.2, 0.25) is 6.79 Å². The van der Waals surface area contributed by atoms with Crippen LogP contribution in [0.3, 0.4) is 0 Å². The predicted molar refractivity (Wildman–Crippen MR) is 102 cm³/mol. The normalized spacial score (nSPS) is 11.9. The lowest BCUT2D eigenvalue weighted by atomic mass is 10.1. The lowest BCUT2D eigenvalue weighted by Crippen LogP contribution is -2.43. The van der Waals surface area contributed by atoms with Crippen LogP contribution in [0.2, 0.25) is 0 Å². The average molecular weight is 404 g/mol. The summed E-state index contributed by atoms with van der Waals surface area (Å²) in [7, 11) is 0. The van der Waals surface area contributed by atoms with Crippen LogP contribution < -0.4 is 25.6 Å². The molecule has 2 aromatic carbocycles. The Morgan fingerprint density at radius 1 is 1.21 bits per heavy atom. The molecule has 1 aliphatic heterocycles. The number of nitrogens with zero attached hydrogens (tertiary/aromatic N) is 1. The quantitative estimate of drug-likeness (QED) is 0.308. The summed E-state index contributed by atoms with van der Waals surface area (Å²) in [5.74, 6) is -0.531. The van der Waals surface area contributed by atoms with Crippen LogP contribution in [0.5, 0.6) is 11.5 Å². The molecule has 9 nitrogen and oxygen atoms in total. The summed E-state index contributed by atoms with van der Waals surface area (Å²) in [4.78, 5) is 22.5. The van der Waals surface area contributed by atoms with Crippen molar-refractivity contribution < 1.29 is 23.6 Å². The molecular weight excluding hydrogens is 391 g/mol. The molecule has 0 atom stereocenters. The van der Waals surface area contributed by atoms with E-state index in [1.54, 1.807) is 6.07 Å². The summed E-state index contributed by atoms with van der Waals surface area (Å²) in [5.41, 5.74) is 4.73. The second kappa shape index (κ2) is 8.31. The Balaban J connectivity index is 1.60. The highest BCUT2D eigenvalue weighted by Crippen LogP contribution is 2.38. The topological polar surface area (TPSA) is 115 Å². The zero-order chi connectivity index (χ0) is 20.1. The van der Waals surface area contributed by atoms with Gasteiger partial charge in [-0.05, 0) is 36.5 Å². The second-order valence-corrected chi connectivity index (χ2v) is 5.81. The van der Waals surface area contributed by atoms with Crippen molar-refractivity contribution in [3.05, 3.63) is 64.0 Å². The minimum atomic E-state index is -0.635. The van der Waals surface area contributed by atoms with Gasteiger partial charge in [-0.2, -0.15) is 0 Å². The molecule has 1 aliphatic rings. The number of nitrogens with one attached hydrogen (secondary N) is 3. The molecule has 1 amide bonds. The SMILES string of the molecule is O=C(/C=C/c1cc2c(cc1[N+](=O)[O-])OCO2)NNC(=S)Nc1ccccc1F. The summed E-state index contributed by atoms with van der Waals surface area (Å²) in [6.45, 7) is -0.0312. The van der Waals surface area contributed by atoms with Crippen LogP contribution in [0.25, 0.3) is 6.08 Å². The molecule has 28 heavy (non-hydrogen) atoms. The van der Waals surface area contributed by atoms with E-state index in [2.05, 4.69) is 16.2 Å². The molecule has 11 heteroatoms. The number of rotatable bonds is 4. The van der Waals surface area contributed by atoms with E-state index in [4.69, 9.17) is 21.7 Å². The molecule has 0 fully saturated rings. The third-order valence-corrected chi connectivity index (χ3v) is 3.76. The number of thiocarbonyl (C=S) groups is 1. The predicted octanol–water partition coefficient (Wildman–Crippen LogP) is 2.49. The number of hydrazine groups is 1. The summed E-state index contributed by atoms with van der Waals surface area (Å²) in [6, 6.07) is 8.51. The van der Waals surface area contributed by atoms with Gasteiger partial charge in [0.15, 0.2) is 16.6 Å². The third kappa shape index (κ3) is 4.51. The standard InChI is InChI=1S/C17H13FN4O5S/c18-11-3-1-2-4-12(11)19-17(28)21-20-16(23)6-5-10-7-14-15(27-9-26-14)8-13(10)22(24)25/h1-8H,9H2,(H,20,23)(H2,19,21,28)/b6-5+. The largest absolute Gasteiger partial charge is 0.454 e. The lowest BCUT2D eigenvalue weighted by molar-refractivity contribution is -0.385. The fourth-order valence-corrected chi connectivity index (χ4v) is 2.44. The van der Waals surface area contributed by atoms with Crippen LogP contribution in [0.4, 0.5) is 15.8 Å². The Kier molecular flexibility index (Phi) is 5.65. The minimum Gasteiger partial charge on any atom is -0.454 e. The zero-order valence-electron chi connectivity index (χ0n) is 14.1. The van der Waals surface area contributed by atoms with Gasteiger partial charge in [0.1, 0.15) is 5.82 Å². The zero-order valence-corrected chi connectivity index (χ0v) is 14.9. The highest BCUT2D eigenvalue weighted by Gasteiger charge is 2.22. The number of anilines is 1. The molecule has 0 spiro atoms. The first-order chi connectivity index (χ1) is 13.4. The van der Waals surface area contributed by atoms with Crippen molar-refractivity contribution >= 4 is 40.7 Å². The first-order valence-corrected chi connectivity index (χ1v) is 8.22. The third-order valence-electron chi connectivity index (χ3n) is 3.55. The molecular formula is C17H13FN4O5S. The molecule has 0 aliphatic carbocycles. The van der Waals surface area contributed by atoms with Crippen molar-refractivity contribution in [2.75, 3.05) is 12.1 Å². The van der Waals surface area contributed by atoms with Gasteiger partial charge in [-0.15, -0.1) is 0 Å². The van der Waals surface area contributed by atoms with E-state index in [-0.39, 0.29) is 34.6 Å². The molecule has 0 saturated carbocycles. The Labute approximate surface area is 163 Å². The number of para-hydroxylation sites is 1. The second-order valence-electron chi connectivity index (χ2n) is 5.40. The maximum Gasteiger partial charge on any atom is 0.280 e. The van der Waals surface area contributed by atoms with Crippen LogP contribution in [0.15, 0.2) is 42.5 Å². The highest BCUT2D eigenvalue weighted by atomic mass is 32.1. The van der Waals surface area contributed by atoms with Crippen molar-refractivity contribution in [2.45, 2.75) is 0 Å². The molecule has 0 unspecified atom stereocenters. The molecule has 144 valence electrons. The van der Waals surface area contributed by atoms with E-state index in [1.165, 1.54) is 36.4 Å². The van der Waals surface area contributed by atoms with Crippen LogP contribution in [0, 0.1) is 15.9 Å². The smallest absolute Gasteiger partial charge is 0.280 e. The van der Waals surface area contributed by atoms with Crippen LogP contribution >= 0.6 is 12.2 Å². The minimum absolute atomic E-state index is 0.0312. The number of benzene rings is 2. The van der Waals surface area contributed by atoms with Gasteiger partial charge in [-0.3, -0.25) is 25.8 Å². The Bertz CT molecular complexity index is 982. The average Bonchev–Trinajstić information content (AvgIpc) is 3.13. The van der Waals surface area contributed by atoms with Gasteiger partial charge in [-0.1, -0.05) is 12.1 Å². The van der Waals surface area contributed by atoms with Gasteiger partial charge in [0.05, 0.1) is 22.2 Å². The first-order valence-electron chi connectivity index (χ1n) is 7.81. The molecule has 2 aromatic rings. The fraction of sp³-hybridized carbons (Fsp3) is 0.0588. The summed E-state index contributed by atoms with van der Waals surface area (Å²) in [5, 5.41) is 13.7. The lowest BCUT2D eigenvalue weighted by Gasteiger charge is -2.10. The Hall–Kier alpha value is -3.73. The van der Waals surface area contributed by atoms with E-state index in [0.717, 1.165) is 6.08 Å². The number of amides is 1. The number of hydrogen-bond donors (Lipinski definition) is 3. The molecule has 3 rings (SSSR count). The maximum absolute atomic E-state index is 13.5. The van der Waals surface area contributed by atoms with Crippen LogP contribution in [-0.2, 0) is 4.79 Å². The number of nitro benzene ring substituents is 1. The summed E-state index contributed by atoms with van der Waals surface area (Å²) < 4.78 is 23.8. The Morgan fingerprint density at radius 2 is 1.93 bits per heavy atom. The molecule has 0 saturated heterocycles. The number of fused-ring (bicyclic) bond motifs is 1. The van der Waals surface area contributed by atoms with E-state index >= 15 is 0 Å². The molecule has 1 heterocycles. The van der Waals surface area contributed by atoms with Gasteiger partial charge in [-0.25, -0.2) is 4.39 Å². The number of hydrogen-bond acceptors (Lipinski definition) is 6. The van der Waals surface area contributed by atoms with Gasteiger partial charge in [0.25, 0.3) is 11.6 Å². The number of ether oxygens (including phenoxy) is 2. The molecule has 0 aromatic heterocycles. The molecule has 0 radical (unpaired) electrons. The van der Waals surface area contributed by atoms with Gasteiger partial charge < -0.3 is 14.8 Å². The van der Waals surface area contributed by atoms with Crippen molar-refractivity contribution in [1.82, 2.24) is 10.9 Å². The van der Waals surface area contributed by atoms with Crippen molar-refractivity contribution in [1.29, 1.82) is 0 Å². The number of carbonyl (C=O) groups excluding carboxylic acids is 1. The van der Waals surface area contributed by atoms with E-state index in [0.29, 0.717) is 5.75 Å². The highest BCUT2D eigenvalue weighted by molar-refractivity contribution is 7.80. The number of halogens is 1. The maximum atomic E-state index is 13.5. The number of carbonyl (C=O) groups is 1. The van der Waals surface area contributed by atoms with Gasteiger partial charge in [0, 0.05) is 6.08 Å². The number of nitro groups is 1. The van der Waals surface area contributed by atoms with Crippen LogP contribution in [-0.4, -0.2) is 22.7 Å². The summed E-state index contributed by atoms with van der Waals surface area (Å²) >= 11 is 4.95. The first kappa shape index (κ1) is 19.0. The van der Waals surface area contributed by atoms with Crippen molar-refractivity contribution in [3.8, 4) is 11.5 Å². The fourth-order valence-electron chi connectivity index (χ4n) is 2.28. The van der Waals surface area contributed by atoms with E-state index in [9.17, 15) is 19.3 Å². The monoisotopic (exact) mass is 404 g/mol. The van der Waals surface area contributed by atoms with Crippen LogP contribution in [0.1, 0.15) is 5.56 Å². The van der Waals surface area contributed by atoms with E-state index < -0.39 is 16.6 Å². The van der Waals surface area contributed by atoms with E-state index in [1.807, 2.05) is 0 Å². The Morgan fingerprint density at radius 3 is 2.64 bits per heavy atom. The van der Waals surface area contributed by atoms with Gasteiger partial charge >= 0.3 is 0 Å².